The van der Waals surface area contributed by atoms with Gasteiger partial charge in [-0.1, -0.05) is 15.9 Å². The lowest BCUT2D eigenvalue weighted by Crippen LogP contribution is -1.93. The Balaban J connectivity index is 2.11. The smallest absolute Gasteiger partial charge is 0.165 e. The molecule has 1 heterocycles. The first-order valence-corrected chi connectivity index (χ1v) is 6.69. The molecule has 20 heavy (non-hydrogen) atoms. The van der Waals surface area contributed by atoms with Crippen molar-refractivity contribution in [3.05, 3.63) is 59.1 Å². The Labute approximate surface area is 123 Å². The van der Waals surface area contributed by atoms with Gasteiger partial charge in [0.05, 0.1) is 0 Å². The largest absolute Gasteiger partial charge is 0.454 e. The number of nitrogens with zero attached hydrogens (tertiary/aromatic N) is 1. The fourth-order valence-corrected chi connectivity index (χ4v) is 2.29. The molecule has 2 N–H and O–H groups in total. The van der Waals surface area contributed by atoms with Gasteiger partial charge >= 0.3 is 0 Å². The van der Waals surface area contributed by atoms with E-state index >= 15 is 0 Å². The summed E-state index contributed by atoms with van der Waals surface area (Å²) < 4.78 is 20.1. The van der Waals surface area contributed by atoms with E-state index in [0.29, 0.717) is 11.4 Å². The molecule has 0 fully saturated rings. The van der Waals surface area contributed by atoms with Crippen molar-refractivity contribution in [3.63, 3.8) is 0 Å². The van der Waals surface area contributed by atoms with Crippen molar-refractivity contribution in [2.24, 2.45) is 0 Å². The van der Waals surface area contributed by atoms with Gasteiger partial charge in [-0.05, 0) is 36.4 Å². The van der Waals surface area contributed by atoms with E-state index < -0.39 is 5.82 Å². The summed E-state index contributed by atoms with van der Waals surface area (Å²) in [6, 6.07) is 9.78. The minimum Gasteiger partial charge on any atom is -0.454 e. The first-order valence-electron chi connectivity index (χ1n) is 5.90. The zero-order valence-electron chi connectivity index (χ0n) is 10.3. The Hall–Kier alpha value is -2.14. The third-order valence-corrected chi connectivity index (χ3v) is 3.42. The molecular formula is C15H10BrFN2O. The van der Waals surface area contributed by atoms with Crippen LogP contribution in [0.2, 0.25) is 0 Å². The van der Waals surface area contributed by atoms with Crippen molar-refractivity contribution in [3.8, 4) is 11.5 Å². The predicted molar refractivity (Wildman–Crippen MR) is 80.3 cm³/mol. The maximum atomic E-state index is 13.7. The Morgan fingerprint density at radius 2 is 1.90 bits per heavy atom. The number of nitrogen functional groups attached to an aromatic ring is 1. The quantitative estimate of drug-likeness (QED) is 0.702. The summed E-state index contributed by atoms with van der Waals surface area (Å²) in [5.41, 5.74) is 6.54. The Morgan fingerprint density at radius 3 is 2.75 bits per heavy atom. The zero-order chi connectivity index (χ0) is 14.1. The molecule has 0 atom stereocenters. The van der Waals surface area contributed by atoms with Crippen LogP contribution < -0.4 is 10.5 Å². The van der Waals surface area contributed by atoms with Crippen molar-refractivity contribution in [2.45, 2.75) is 0 Å². The van der Waals surface area contributed by atoms with Crippen molar-refractivity contribution >= 4 is 32.4 Å². The van der Waals surface area contributed by atoms with Crippen LogP contribution in [0.1, 0.15) is 0 Å². The highest BCUT2D eigenvalue weighted by Crippen LogP contribution is 2.34. The molecule has 3 aromatic rings. The molecule has 0 spiro atoms. The Kier molecular flexibility index (Phi) is 3.28. The number of fused-ring (bicyclic) bond motifs is 1. The highest BCUT2D eigenvalue weighted by atomic mass is 79.9. The third kappa shape index (κ3) is 2.32. The molecule has 0 amide bonds. The molecule has 3 nitrogen and oxygen atoms in total. The molecule has 3 rings (SSSR count). The normalized spacial score (nSPS) is 10.7. The van der Waals surface area contributed by atoms with Crippen molar-refractivity contribution in [1.82, 2.24) is 4.98 Å². The highest BCUT2D eigenvalue weighted by Gasteiger charge is 2.09. The number of benzene rings is 2. The molecule has 0 bridgehead atoms. The van der Waals surface area contributed by atoms with Gasteiger partial charge in [0, 0.05) is 33.3 Å². The molecule has 2 aromatic carbocycles. The molecule has 0 unspecified atom stereocenters. The van der Waals surface area contributed by atoms with Gasteiger partial charge in [0.25, 0.3) is 0 Å². The van der Waals surface area contributed by atoms with Gasteiger partial charge in [0.15, 0.2) is 11.6 Å². The van der Waals surface area contributed by atoms with Gasteiger partial charge in [0.1, 0.15) is 5.75 Å². The van der Waals surface area contributed by atoms with E-state index in [1.807, 2.05) is 0 Å². The molecule has 0 aliphatic rings. The number of hydrogen-bond acceptors (Lipinski definition) is 3. The monoisotopic (exact) mass is 332 g/mol. The molecule has 0 aliphatic carbocycles. The number of hydrogen-bond donors (Lipinski definition) is 1. The van der Waals surface area contributed by atoms with Crippen LogP contribution in [-0.2, 0) is 0 Å². The van der Waals surface area contributed by atoms with Gasteiger partial charge in [-0.25, -0.2) is 4.39 Å². The summed E-state index contributed by atoms with van der Waals surface area (Å²) in [5, 5.41) is 1.57. The number of pyridine rings is 1. The average Bonchev–Trinajstić information content (AvgIpc) is 2.46. The summed E-state index contributed by atoms with van der Waals surface area (Å²) in [6.45, 7) is 0. The standard InChI is InChI=1S/C15H10BrFN2O/c16-9-1-2-12(17)15(7-9)20-14-4-3-13(18)10-5-6-19-8-11(10)14/h1-8H,18H2. The second kappa shape index (κ2) is 5.09. The highest BCUT2D eigenvalue weighted by molar-refractivity contribution is 9.10. The van der Waals surface area contributed by atoms with Gasteiger partial charge < -0.3 is 10.5 Å². The van der Waals surface area contributed by atoms with E-state index in [0.717, 1.165) is 15.2 Å². The summed E-state index contributed by atoms with van der Waals surface area (Å²) >= 11 is 3.29. The lowest BCUT2D eigenvalue weighted by atomic mass is 10.1. The van der Waals surface area contributed by atoms with Crippen LogP contribution in [0.3, 0.4) is 0 Å². The van der Waals surface area contributed by atoms with Crippen LogP contribution in [0, 0.1) is 5.82 Å². The van der Waals surface area contributed by atoms with Crippen LogP contribution in [0.4, 0.5) is 10.1 Å². The van der Waals surface area contributed by atoms with Gasteiger partial charge in [-0.2, -0.15) is 0 Å². The number of aromatic nitrogens is 1. The van der Waals surface area contributed by atoms with E-state index in [2.05, 4.69) is 20.9 Å². The molecule has 0 aliphatic heterocycles. The summed E-state index contributed by atoms with van der Waals surface area (Å²) in [4.78, 5) is 4.06. The summed E-state index contributed by atoms with van der Waals surface area (Å²) in [6.07, 6.45) is 3.30. The van der Waals surface area contributed by atoms with Crippen LogP contribution in [-0.4, -0.2) is 4.98 Å². The topological polar surface area (TPSA) is 48.1 Å². The van der Waals surface area contributed by atoms with Crippen LogP contribution in [0.5, 0.6) is 11.5 Å². The third-order valence-electron chi connectivity index (χ3n) is 2.92. The fourth-order valence-electron chi connectivity index (χ4n) is 1.95. The van der Waals surface area contributed by atoms with Crippen LogP contribution in [0.15, 0.2) is 53.3 Å². The molecule has 0 saturated carbocycles. The molecule has 1 aromatic heterocycles. The number of anilines is 1. The number of halogens is 2. The molecule has 0 saturated heterocycles. The molecule has 100 valence electrons. The fraction of sp³-hybridized carbons (Fsp3) is 0. The SMILES string of the molecule is Nc1ccc(Oc2cc(Br)ccc2F)c2cnccc12. The molecule has 0 radical (unpaired) electrons. The first-order chi connectivity index (χ1) is 9.65. The maximum Gasteiger partial charge on any atom is 0.165 e. The van der Waals surface area contributed by atoms with E-state index in [1.54, 1.807) is 42.7 Å². The summed E-state index contributed by atoms with van der Waals surface area (Å²) in [7, 11) is 0. The van der Waals surface area contributed by atoms with Crippen molar-refractivity contribution in [2.75, 3.05) is 5.73 Å². The van der Waals surface area contributed by atoms with Crippen LogP contribution in [0.25, 0.3) is 10.8 Å². The second-order valence-corrected chi connectivity index (χ2v) is 5.17. The number of ether oxygens (including phenoxy) is 1. The van der Waals surface area contributed by atoms with Crippen molar-refractivity contribution < 1.29 is 9.13 Å². The average molecular weight is 333 g/mol. The van der Waals surface area contributed by atoms with Gasteiger partial charge in [0.2, 0.25) is 0 Å². The van der Waals surface area contributed by atoms with Gasteiger partial charge in [-0.3, -0.25) is 4.98 Å². The maximum absolute atomic E-state index is 13.7. The lowest BCUT2D eigenvalue weighted by Gasteiger charge is -2.11. The lowest BCUT2D eigenvalue weighted by molar-refractivity contribution is 0.446. The molecule has 5 heteroatoms. The Bertz CT molecular complexity index is 792. The first kappa shape index (κ1) is 12.9. The number of nitrogens with two attached hydrogens (primary N) is 1. The Morgan fingerprint density at radius 1 is 1.05 bits per heavy atom. The van der Waals surface area contributed by atoms with Crippen LogP contribution >= 0.6 is 15.9 Å². The van der Waals surface area contributed by atoms with Gasteiger partial charge in [-0.15, -0.1) is 0 Å². The predicted octanol–water partition coefficient (Wildman–Crippen LogP) is 4.51. The molecular weight excluding hydrogens is 323 g/mol. The second-order valence-electron chi connectivity index (χ2n) is 4.25. The van der Waals surface area contributed by atoms with E-state index in [4.69, 9.17) is 10.5 Å². The van der Waals surface area contributed by atoms with Crippen molar-refractivity contribution in [1.29, 1.82) is 0 Å². The van der Waals surface area contributed by atoms with E-state index in [-0.39, 0.29) is 5.75 Å². The van der Waals surface area contributed by atoms with E-state index in [1.165, 1.54) is 6.07 Å². The van der Waals surface area contributed by atoms with E-state index in [9.17, 15) is 4.39 Å². The summed E-state index contributed by atoms with van der Waals surface area (Å²) in [5.74, 6) is 0.232. The minimum atomic E-state index is -0.429. The minimum absolute atomic E-state index is 0.147. The zero-order valence-corrected chi connectivity index (χ0v) is 11.9. The number of rotatable bonds is 2.